The molecule has 3 rings (SSSR count). The first kappa shape index (κ1) is 17.8. The molecule has 1 aromatic heterocycles. The Morgan fingerprint density at radius 2 is 1.60 bits per heavy atom. The maximum Gasteiger partial charge on any atom is 0.178 e. The maximum atomic E-state index is 13.2. The number of para-hydroxylation sites is 1. The van der Waals surface area contributed by atoms with Gasteiger partial charge in [0, 0.05) is 27.1 Å². The number of hydrogen-bond donors (Lipinski definition) is 1. The molecule has 1 heterocycles. The SMILES string of the molecule is Cc1cc(C)c(C)c(S[C@@H](C)C(=O)c2c(C)[nH]c3ccccc23)c1C. The molecular weight excluding hydrogens is 326 g/mol. The van der Waals surface area contributed by atoms with Crippen LogP contribution in [0.5, 0.6) is 0 Å². The number of nitrogens with one attached hydrogen (secondary N) is 1. The minimum Gasteiger partial charge on any atom is -0.358 e. The predicted octanol–water partition coefficient (Wildman–Crippen LogP) is 6.07. The number of fused-ring (bicyclic) bond motifs is 1. The fourth-order valence-electron chi connectivity index (χ4n) is 3.39. The van der Waals surface area contributed by atoms with E-state index in [0.717, 1.165) is 22.2 Å². The normalized spacial score (nSPS) is 12.6. The van der Waals surface area contributed by atoms with Gasteiger partial charge in [-0.05, 0) is 69.9 Å². The summed E-state index contributed by atoms with van der Waals surface area (Å²) in [5.74, 6) is 0.193. The third-order valence-electron chi connectivity index (χ3n) is 5.10. The number of rotatable bonds is 4. The van der Waals surface area contributed by atoms with Crippen LogP contribution >= 0.6 is 11.8 Å². The Morgan fingerprint density at radius 1 is 1.00 bits per heavy atom. The highest BCUT2D eigenvalue weighted by molar-refractivity contribution is 8.00. The maximum absolute atomic E-state index is 13.2. The summed E-state index contributed by atoms with van der Waals surface area (Å²) in [5.41, 5.74) is 7.94. The summed E-state index contributed by atoms with van der Waals surface area (Å²) in [5, 5.41) is 0.892. The van der Waals surface area contributed by atoms with Crippen LogP contribution in [0.1, 0.15) is 45.2 Å². The molecule has 1 atom stereocenters. The van der Waals surface area contributed by atoms with E-state index in [4.69, 9.17) is 0 Å². The first-order valence-corrected chi connectivity index (χ1v) is 9.54. The summed E-state index contributed by atoms with van der Waals surface area (Å²) < 4.78 is 0. The number of carbonyl (C=O) groups excluding carboxylic acids is 1. The van der Waals surface area contributed by atoms with Crippen molar-refractivity contribution in [2.45, 2.75) is 51.7 Å². The minimum atomic E-state index is -0.128. The molecule has 0 saturated carbocycles. The molecule has 3 heteroatoms. The van der Waals surface area contributed by atoms with Crippen LogP contribution in [0.15, 0.2) is 35.2 Å². The van der Waals surface area contributed by atoms with E-state index < -0.39 is 0 Å². The topological polar surface area (TPSA) is 32.9 Å². The average Bonchev–Trinajstić information content (AvgIpc) is 2.91. The smallest absolute Gasteiger partial charge is 0.178 e. The van der Waals surface area contributed by atoms with Gasteiger partial charge in [0.15, 0.2) is 5.78 Å². The number of hydrogen-bond acceptors (Lipinski definition) is 2. The number of aryl methyl sites for hydroxylation is 3. The van der Waals surface area contributed by atoms with Crippen molar-refractivity contribution in [1.29, 1.82) is 0 Å². The Morgan fingerprint density at radius 3 is 2.24 bits per heavy atom. The lowest BCUT2D eigenvalue weighted by Gasteiger charge is -2.18. The Balaban J connectivity index is 1.98. The number of Topliss-reactive ketones (excluding diaryl/α,β-unsaturated/α-hetero) is 1. The van der Waals surface area contributed by atoms with Crippen molar-refractivity contribution in [2.24, 2.45) is 0 Å². The predicted molar refractivity (Wildman–Crippen MR) is 108 cm³/mol. The molecule has 2 aromatic carbocycles. The van der Waals surface area contributed by atoms with E-state index in [1.807, 2.05) is 38.1 Å². The molecule has 0 aliphatic heterocycles. The van der Waals surface area contributed by atoms with Crippen molar-refractivity contribution in [3.63, 3.8) is 0 Å². The van der Waals surface area contributed by atoms with Crippen molar-refractivity contribution in [3.8, 4) is 0 Å². The quantitative estimate of drug-likeness (QED) is 0.457. The molecule has 0 bridgehead atoms. The lowest BCUT2D eigenvalue weighted by Crippen LogP contribution is -2.15. The van der Waals surface area contributed by atoms with Crippen molar-refractivity contribution < 1.29 is 4.79 Å². The van der Waals surface area contributed by atoms with Crippen LogP contribution in [0, 0.1) is 34.6 Å². The summed E-state index contributed by atoms with van der Waals surface area (Å²) >= 11 is 1.69. The molecule has 2 nitrogen and oxygen atoms in total. The second-order valence-electron chi connectivity index (χ2n) is 6.88. The van der Waals surface area contributed by atoms with Crippen LogP contribution in [0.2, 0.25) is 0 Å². The molecule has 0 saturated heterocycles. The average molecular weight is 352 g/mol. The van der Waals surface area contributed by atoms with Gasteiger partial charge in [-0.3, -0.25) is 4.79 Å². The molecular formula is C22H25NOS. The largest absolute Gasteiger partial charge is 0.358 e. The summed E-state index contributed by atoms with van der Waals surface area (Å²) in [4.78, 5) is 17.8. The summed E-state index contributed by atoms with van der Waals surface area (Å²) in [7, 11) is 0. The third kappa shape index (κ3) is 3.13. The van der Waals surface area contributed by atoms with Crippen LogP contribution in [0.25, 0.3) is 10.9 Å². The second-order valence-corrected chi connectivity index (χ2v) is 8.24. The lowest BCUT2D eigenvalue weighted by molar-refractivity contribution is 0.0995. The van der Waals surface area contributed by atoms with Gasteiger partial charge in [0.1, 0.15) is 0 Å². The van der Waals surface area contributed by atoms with E-state index in [1.54, 1.807) is 11.8 Å². The van der Waals surface area contributed by atoms with E-state index in [2.05, 4.69) is 38.7 Å². The Hall–Kier alpha value is -2.00. The number of ketones is 1. The van der Waals surface area contributed by atoms with E-state index >= 15 is 0 Å². The molecule has 3 aromatic rings. The van der Waals surface area contributed by atoms with Gasteiger partial charge < -0.3 is 4.98 Å². The van der Waals surface area contributed by atoms with Gasteiger partial charge in [-0.1, -0.05) is 24.3 Å². The summed E-state index contributed by atoms with van der Waals surface area (Å²) in [6, 6.07) is 10.3. The minimum absolute atomic E-state index is 0.128. The van der Waals surface area contributed by atoms with E-state index in [1.165, 1.54) is 27.1 Å². The molecule has 0 unspecified atom stereocenters. The van der Waals surface area contributed by atoms with Gasteiger partial charge in [0.05, 0.1) is 5.25 Å². The third-order valence-corrected chi connectivity index (χ3v) is 6.52. The van der Waals surface area contributed by atoms with Crippen LogP contribution in [0.3, 0.4) is 0 Å². The van der Waals surface area contributed by atoms with Crippen LogP contribution in [0.4, 0.5) is 0 Å². The van der Waals surface area contributed by atoms with Gasteiger partial charge in [-0.15, -0.1) is 11.8 Å². The number of thioether (sulfide) groups is 1. The lowest BCUT2D eigenvalue weighted by atomic mass is 10.0. The molecule has 0 amide bonds. The molecule has 0 radical (unpaired) electrons. The Bertz CT molecular complexity index is 942. The van der Waals surface area contributed by atoms with Crippen molar-refractivity contribution in [1.82, 2.24) is 4.98 Å². The molecule has 0 spiro atoms. The van der Waals surface area contributed by atoms with Gasteiger partial charge >= 0.3 is 0 Å². The van der Waals surface area contributed by atoms with Crippen molar-refractivity contribution >= 4 is 28.4 Å². The number of carbonyl (C=O) groups is 1. The standard InChI is InChI=1S/C22H25NOS/c1-12-11-13(2)15(4)22(14(12)3)25-17(6)21(24)20-16(5)23-19-10-8-7-9-18(19)20/h7-11,17,23H,1-6H3/t17-/m0/s1. The van der Waals surface area contributed by atoms with Crippen molar-refractivity contribution in [2.75, 3.05) is 0 Å². The number of H-pyrrole nitrogens is 1. The molecule has 0 aliphatic rings. The van der Waals surface area contributed by atoms with Crippen LogP contribution in [-0.4, -0.2) is 16.0 Å². The summed E-state index contributed by atoms with van der Waals surface area (Å²) in [6.07, 6.45) is 0. The van der Waals surface area contributed by atoms with Gasteiger partial charge in [0.2, 0.25) is 0 Å². The first-order chi connectivity index (χ1) is 11.8. The van der Waals surface area contributed by atoms with Gasteiger partial charge in [0.25, 0.3) is 0 Å². The first-order valence-electron chi connectivity index (χ1n) is 8.66. The fraction of sp³-hybridized carbons (Fsp3) is 0.318. The zero-order valence-corrected chi connectivity index (χ0v) is 16.6. The zero-order chi connectivity index (χ0) is 18.3. The molecule has 1 N–H and O–H groups in total. The second kappa shape index (κ2) is 6.72. The Labute approximate surface area is 154 Å². The number of aromatic nitrogens is 1. The number of benzene rings is 2. The molecule has 25 heavy (non-hydrogen) atoms. The summed E-state index contributed by atoms with van der Waals surface area (Å²) in [6.45, 7) is 12.6. The van der Waals surface area contributed by atoms with Crippen molar-refractivity contribution in [3.05, 3.63) is 63.8 Å². The molecule has 130 valence electrons. The zero-order valence-electron chi connectivity index (χ0n) is 15.8. The highest BCUT2D eigenvalue weighted by Gasteiger charge is 2.23. The van der Waals surface area contributed by atoms with Gasteiger partial charge in [-0.25, -0.2) is 0 Å². The molecule has 0 fully saturated rings. The highest BCUT2D eigenvalue weighted by atomic mass is 32.2. The number of aromatic amines is 1. The molecule has 0 aliphatic carbocycles. The highest BCUT2D eigenvalue weighted by Crippen LogP contribution is 2.35. The fourth-order valence-corrected chi connectivity index (χ4v) is 4.64. The Kier molecular flexibility index (Phi) is 4.79. The van der Waals surface area contributed by atoms with E-state index in [-0.39, 0.29) is 11.0 Å². The van der Waals surface area contributed by atoms with Gasteiger partial charge in [-0.2, -0.15) is 0 Å². The monoisotopic (exact) mass is 351 g/mol. The van der Waals surface area contributed by atoms with E-state index in [9.17, 15) is 4.79 Å². The van der Waals surface area contributed by atoms with Crippen LogP contribution in [-0.2, 0) is 0 Å². The van der Waals surface area contributed by atoms with Crippen LogP contribution < -0.4 is 0 Å². The van der Waals surface area contributed by atoms with E-state index in [0.29, 0.717) is 0 Å².